The Labute approximate surface area is 128 Å². The Bertz CT molecular complexity index is 318. The van der Waals surface area contributed by atoms with Crippen LogP contribution >= 0.6 is 23.5 Å². The van der Waals surface area contributed by atoms with Crippen molar-refractivity contribution in [2.45, 2.75) is 62.7 Å². The molecule has 0 amide bonds. The SMILES string of the molecule is CC(=O)C1(CCO[Si](C)(C)C(C)(C)C)SCCCS1. The van der Waals surface area contributed by atoms with Gasteiger partial charge in [0.25, 0.3) is 0 Å². The molecule has 1 rings (SSSR count). The highest BCUT2D eigenvalue weighted by Crippen LogP contribution is 2.46. The van der Waals surface area contributed by atoms with Crippen molar-refractivity contribution in [3.05, 3.63) is 0 Å². The van der Waals surface area contributed by atoms with Crippen molar-refractivity contribution in [3.8, 4) is 0 Å². The van der Waals surface area contributed by atoms with Gasteiger partial charge in [-0.2, -0.15) is 0 Å². The Kier molecular flexibility index (Phi) is 6.06. The second-order valence-electron chi connectivity index (χ2n) is 6.72. The lowest BCUT2D eigenvalue weighted by atomic mass is 10.2. The predicted octanol–water partition coefficient (Wildman–Crippen LogP) is 4.55. The molecule has 0 radical (unpaired) electrons. The van der Waals surface area contributed by atoms with E-state index >= 15 is 0 Å². The highest BCUT2D eigenvalue weighted by molar-refractivity contribution is 8.19. The summed E-state index contributed by atoms with van der Waals surface area (Å²) >= 11 is 3.65. The van der Waals surface area contributed by atoms with Crippen LogP contribution in [0.5, 0.6) is 0 Å². The molecule has 112 valence electrons. The van der Waals surface area contributed by atoms with E-state index in [2.05, 4.69) is 33.9 Å². The van der Waals surface area contributed by atoms with E-state index in [1.807, 2.05) is 23.5 Å². The van der Waals surface area contributed by atoms with Crippen LogP contribution in [-0.2, 0) is 9.22 Å². The molecule has 0 aromatic heterocycles. The van der Waals surface area contributed by atoms with Gasteiger partial charge in [0, 0.05) is 13.0 Å². The molecule has 0 aromatic rings. The van der Waals surface area contributed by atoms with Crippen LogP contribution in [-0.4, -0.2) is 36.3 Å². The first-order valence-corrected chi connectivity index (χ1v) is 11.9. The minimum Gasteiger partial charge on any atom is -0.417 e. The molecule has 1 aliphatic heterocycles. The second-order valence-corrected chi connectivity index (χ2v) is 14.6. The smallest absolute Gasteiger partial charge is 0.191 e. The van der Waals surface area contributed by atoms with Gasteiger partial charge in [-0.25, -0.2) is 0 Å². The molecular formula is C14H28O2S2Si. The van der Waals surface area contributed by atoms with Crippen LogP contribution in [0.4, 0.5) is 0 Å². The van der Waals surface area contributed by atoms with E-state index in [9.17, 15) is 4.79 Å². The number of carbonyl (C=O) groups excluding carboxylic acids is 1. The quantitative estimate of drug-likeness (QED) is 0.694. The van der Waals surface area contributed by atoms with Crippen LogP contribution in [0, 0.1) is 0 Å². The molecule has 0 bridgehead atoms. The molecule has 0 N–H and O–H groups in total. The summed E-state index contributed by atoms with van der Waals surface area (Å²) in [4.78, 5) is 12.0. The number of hydrogen-bond acceptors (Lipinski definition) is 4. The minimum atomic E-state index is -1.69. The molecule has 0 unspecified atom stereocenters. The Hall–Kier alpha value is 0.547. The zero-order valence-electron chi connectivity index (χ0n) is 13.2. The van der Waals surface area contributed by atoms with Gasteiger partial charge in [0.15, 0.2) is 14.1 Å². The first kappa shape index (κ1) is 17.6. The van der Waals surface area contributed by atoms with Crippen molar-refractivity contribution in [2.24, 2.45) is 0 Å². The molecule has 19 heavy (non-hydrogen) atoms. The predicted molar refractivity (Wildman–Crippen MR) is 90.7 cm³/mol. The number of hydrogen-bond donors (Lipinski definition) is 0. The first-order chi connectivity index (χ1) is 8.61. The third-order valence-corrected chi connectivity index (χ3v) is 12.3. The summed E-state index contributed by atoms with van der Waals surface area (Å²) in [6, 6.07) is 0. The molecular weight excluding hydrogens is 292 g/mol. The molecule has 5 heteroatoms. The third-order valence-electron chi connectivity index (χ3n) is 4.20. The molecule has 1 aliphatic rings. The maximum absolute atomic E-state index is 12.0. The molecule has 0 saturated carbocycles. The average molecular weight is 321 g/mol. The standard InChI is InChI=1S/C14H28O2S2Si/c1-12(15)14(17-10-7-11-18-14)8-9-16-19(5,6)13(2,3)4/h7-11H2,1-6H3. The van der Waals surface area contributed by atoms with E-state index in [0.717, 1.165) is 24.5 Å². The van der Waals surface area contributed by atoms with Gasteiger partial charge in [0.05, 0.1) is 0 Å². The molecule has 1 saturated heterocycles. The maximum atomic E-state index is 12.0. The first-order valence-electron chi connectivity index (χ1n) is 7.04. The molecule has 0 atom stereocenters. The topological polar surface area (TPSA) is 26.3 Å². The average Bonchev–Trinajstić information content (AvgIpc) is 2.28. The van der Waals surface area contributed by atoms with Gasteiger partial charge >= 0.3 is 0 Å². The maximum Gasteiger partial charge on any atom is 0.191 e. The van der Waals surface area contributed by atoms with Gasteiger partial charge in [0.2, 0.25) is 0 Å². The van der Waals surface area contributed by atoms with E-state index < -0.39 is 8.32 Å². The summed E-state index contributed by atoms with van der Waals surface area (Å²) in [6.07, 6.45) is 2.07. The van der Waals surface area contributed by atoms with Gasteiger partial charge in [-0.15, -0.1) is 23.5 Å². The van der Waals surface area contributed by atoms with Crippen LogP contribution in [0.1, 0.15) is 40.5 Å². The van der Waals surface area contributed by atoms with Crippen molar-refractivity contribution >= 4 is 37.6 Å². The Balaban J connectivity index is 2.57. The molecule has 2 nitrogen and oxygen atoms in total. The van der Waals surface area contributed by atoms with Crippen molar-refractivity contribution in [1.82, 2.24) is 0 Å². The van der Waals surface area contributed by atoms with Gasteiger partial charge in [-0.3, -0.25) is 4.79 Å². The summed E-state index contributed by atoms with van der Waals surface area (Å²) in [5.41, 5.74) is 0. The van der Waals surface area contributed by atoms with Gasteiger partial charge in [0.1, 0.15) is 4.08 Å². The van der Waals surface area contributed by atoms with Crippen molar-refractivity contribution in [3.63, 3.8) is 0 Å². The second kappa shape index (κ2) is 6.54. The summed E-state index contributed by atoms with van der Waals surface area (Å²) < 4.78 is 6.00. The molecule has 1 fully saturated rings. The number of ketones is 1. The zero-order chi connectivity index (χ0) is 14.7. The zero-order valence-corrected chi connectivity index (χ0v) is 15.8. The largest absolute Gasteiger partial charge is 0.417 e. The van der Waals surface area contributed by atoms with E-state index in [0.29, 0.717) is 5.78 Å². The van der Waals surface area contributed by atoms with Crippen molar-refractivity contribution in [1.29, 1.82) is 0 Å². The summed E-state index contributed by atoms with van der Waals surface area (Å²) in [6.45, 7) is 13.8. The van der Waals surface area contributed by atoms with Crippen molar-refractivity contribution < 1.29 is 9.22 Å². The lowest BCUT2D eigenvalue weighted by Crippen LogP contribution is -2.42. The Morgan fingerprint density at radius 3 is 2.21 bits per heavy atom. The minimum absolute atomic E-state index is 0.236. The fraction of sp³-hybridized carbons (Fsp3) is 0.929. The third kappa shape index (κ3) is 4.51. The fourth-order valence-electron chi connectivity index (χ4n) is 1.76. The van der Waals surface area contributed by atoms with E-state index in [-0.39, 0.29) is 9.12 Å². The molecule has 0 aliphatic carbocycles. The van der Waals surface area contributed by atoms with Gasteiger partial charge in [-0.1, -0.05) is 20.8 Å². The van der Waals surface area contributed by atoms with E-state index in [1.54, 1.807) is 6.92 Å². The summed E-state index contributed by atoms with van der Waals surface area (Å²) in [5, 5.41) is 0.239. The number of carbonyl (C=O) groups is 1. The van der Waals surface area contributed by atoms with Gasteiger partial charge < -0.3 is 4.43 Å². The fourth-order valence-corrected chi connectivity index (χ4v) is 5.92. The highest BCUT2D eigenvalue weighted by Gasteiger charge is 2.41. The van der Waals surface area contributed by atoms with Crippen LogP contribution in [0.2, 0.25) is 18.1 Å². The molecule has 1 heterocycles. The Morgan fingerprint density at radius 1 is 1.26 bits per heavy atom. The monoisotopic (exact) mass is 320 g/mol. The van der Waals surface area contributed by atoms with Crippen molar-refractivity contribution in [2.75, 3.05) is 18.1 Å². The lowest BCUT2D eigenvalue weighted by Gasteiger charge is -2.38. The summed E-state index contributed by atoms with van der Waals surface area (Å²) in [5.74, 6) is 2.51. The molecule has 0 spiro atoms. The number of rotatable bonds is 5. The van der Waals surface area contributed by atoms with Crippen LogP contribution in [0.15, 0.2) is 0 Å². The lowest BCUT2D eigenvalue weighted by molar-refractivity contribution is -0.117. The Morgan fingerprint density at radius 2 is 1.79 bits per heavy atom. The molecule has 0 aromatic carbocycles. The number of Topliss-reactive ketones (excluding diaryl/α,β-unsaturated/α-hetero) is 1. The summed E-state index contributed by atoms with van der Waals surface area (Å²) in [7, 11) is -1.69. The van der Waals surface area contributed by atoms with E-state index in [1.165, 1.54) is 6.42 Å². The number of thioether (sulfide) groups is 2. The van der Waals surface area contributed by atoms with Crippen LogP contribution in [0.3, 0.4) is 0 Å². The van der Waals surface area contributed by atoms with E-state index in [4.69, 9.17) is 4.43 Å². The highest BCUT2D eigenvalue weighted by atomic mass is 32.2. The normalized spacial score (nSPS) is 20.3. The van der Waals surface area contributed by atoms with Crippen LogP contribution in [0.25, 0.3) is 0 Å². The van der Waals surface area contributed by atoms with Crippen LogP contribution < -0.4 is 0 Å². The van der Waals surface area contributed by atoms with Gasteiger partial charge in [-0.05, 0) is 43.0 Å².